The van der Waals surface area contributed by atoms with Crippen LogP contribution in [0.5, 0.6) is 0 Å². The van der Waals surface area contributed by atoms with Crippen molar-refractivity contribution in [2.45, 2.75) is 19.3 Å². The Hall–Kier alpha value is -1.14. The molecule has 2 atom stereocenters. The number of rotatable bonds is 4. The lowest BCUT2D eigenvalue weighted by Crippen LogP contribution is -2.24. The van der Waals surface area contributed by atoms with Crippen molar-refractivity contribution in [3.8, 4) is 0 Å². The molecular weight excluding hydrogens is 224 g/mol. The third-order valence-electron chi connectivity index (χ3n) is 2.61. The maximum absolute atomic E-state index is 8.95. The molecule has 0 aromatic heterocycles. The van der Waals surface area contributed by atoms with Gasteiger partial charge in [0.05, 0.1) is 14.2 Å². The molecule has 6 heteroatoms. The number of carbonyl (C=O) groups is 2. The van der Waals surface area contributed by atoms with E-state index in [9.17, 15) is 0 Å². The van der Waals surface area contributed by atoms with Gasteiger partial charge in [-0.2, -0.15) is 0 Å². The number of nitrogens with two attached hydrogens (primary N) is 2. The fourth-order valence-electron chi connectivity index (χ4n) is 1.73. The fraction of sp³-hybridized carbons (Fsp3) is 0.818. The van der Waals surface area contributed by atoms with Crippen LogP contribution in [-0.4, -0.2) is 40.3 Å². The van der Waals surface area contributed by atoms with Crippen LogP contribution in [0.25, 0.3) is 0 Å². The molecule has 1 saturated carbocycles. The fourth-order valence-corrected chi connectivity index (χ4v) is 1.73. The van der Waals surface area contributed by atoms with Crippen LogP contribution < -0.4 is 11.5 Å². The molecule has 1 aliphatic rings. The molecule has 1 rings (SSSR count). The van der Waals surface area contributed by atoms with Crippen molar-refractivity contribution in [2.24, 2.45) is 23.3 Å². The van der Waals surface area contributed by atoms with E-state index in [4.69, 9.17) is 21.1 Å². The van der Waals surface area contributed by atoms with Gasteiger partial charge in [0.25, 0.3) is 12.9 Å². The topological polar surface area (TPSA) is 105 Å². The van der Waals surface area contributed by atoms with Crippen molar-refractivity contribution in [1.29, 1.82) is 0 Å². The minimum Gasteiger partial charge on any atom is -0.471 e. The van der Waals surface area contributed by atoms with Crippen LogP contribution in [0.2, 0.25) is 0 Å². The van der Waals surface area contributed by atoms with Gasteiger partial charge in [0.2, 0.25) is 0 Å². The van der Waals surface area contributed by atoms with Gasteiger partial charge in [0.1, 0.15) is 0 Å². The van der Waals surface area contributed by atoms with E-state index in [2.05, 4.69) is 9.47 Å². The molecule has 0 spiro atoms. The highest BCUT2D eigenvalue weighted by molar-refractivity contribution is 5.36. The summed E-state index contributed by atoms with van der Waals surface area (Å²) in [5.41, 5.74) is 11.1. The summed E-state index contributed by atoms with van der Waals surface area (Å²) in [6, 6.07) is 0. The molecule has 4 N–H and O–H groups in total. The average Bonchev–Trinajstić information content (AvgIpc) is 2.86. The van der Waals surface area contributed by atoms with Crippen LogP contribution in [0.4, 0.5) is 0 Å². The lowest BCUT2D eigenvalue weighted by atomic mass is 9.97. The van der Waals surface area contributed by atoms with Gasteiger partial charge in [0, 0.05) is 0 Å². The molecule has 0 saturated heterocycles. The average molecular weight is 248 g/mol. The second-order valence-electron chi connectivity index (χ2n) is 3.59. The van der Waals surface area contributed by atoms with E-state index in [1.54, 1.807) is 0 Å². The van der Waals surface area contributed by atoms with Crippen LogP contribution in [0.3, 0.4) is 0 Å². The molecule has 1 fully saturated rings. The monoisotopic (exact) mass is 248 g/mol. The minimum atomic E-state index is 0.375. The van der Waals surface area contributed by atoms with E-state index in [0.29, 0.717) is 12.9 Å². The third-order valence-corrected chi connectivity index (χ3v) is 2.61. The lowest BCUT2D eigenvalue weighted by Gasteiger charge is -2.14. The first-order chi connectivity index (χ1) is 8.21. The van der Waals surface area contributed by atoms with E-state index in [0.717, 1.165) is 24.9 Å². The molecule has 17 heavy (non-hydrogen) atoms. The van der Waals surface area contributed by atoms with Crippen LogP contribution in [0.15, 0.2) is 0 Å². The number of methoxy groups -OCH3 is 2. The van der Waals surface area contributed by atoms with Gasteiger partial charge in [-0.25, -0.2) is 0 Å². The van der Waals surface area contributed by atoms with Gasteiger partial charge < -0.3 is 20.9 Å². The largest absolute Gasteiger partial charge is 0.471 e. The standard InChI is InChI=1S/C7H16N2.2C2H4O2/c8-4-6-2-1-3-7(6)5-9;2*1-4-2-3/h6-7H,1-5,8-9H2;2*2H,1H3. The highest BCUT2D eigenvalue weighted by Crippen LogP contribution is 2.29. The van der Waals surface area contributed by atoms with Crippen LogP contribution in [0.1, 0.15) is 19.3 Å². The van der Waals surface area contributed by atoms with E-state index in [1.807, 2.05) is 0 Å². The number of ether oxygens (including phenoxy) is 2. The van der Waals surface area contributed by atoms with Gasteiger partial charge >= 0.3 is 0 Å². The Morgan fingerprint density at radius 2 is 1.29 bits per heavy atom. The first-order valence-corrected chi connectivity index (χ1v) is 5.54. The summed E-state index contributed by atoms with van der Waals surface area (Å²) in [5, 5.41) is 0. The molecule has 102 valence electrons. The van der Waals surface area contributed by atoms with Gasteiger partial charge in [-0.3, -0.25) is 9.59 Å². The van der Waals surface area contributed by atoms with E-state index in [-0.39, 0.29) is 0 Å². The molecule has 0 bridgehead atoms. The Balaban J connectivity index is 0. The van der Waals surface area contributed by atoms with E-state index < -0.39 is 0 Å². The number of hydrogen-bond acceptors (Lipinski definition) is 6. The van der Waals surface area contributed by atoms with Crippen LogP contribution in [0, 0.1) is 11.8 Å². The predicted molar refractivity (Wildman–Crippen MR) is 65.1 cm³/mol. The SMILES string of the molecule is COC=O.COC=O.NCC1CCCC1CN. The highest BCUT2D eigenvalue weighted by Gasteiger charge is 2.23. The molecule has 0 aromatic carbocycles. The summed E-state index contributed by atoms with van der Waals surface area (Å²) < 4.78 is 7.72. The number of hydrogen-bond donors (Lipinski definition) is 2. The van der Waals surface area contributed by atoms with Crippen molar-refractivity contribution >= 4 is 12.9 Å². The van der Waals surface area contributed by atoms with Crippen LogP contribution in [-0.2, 0) is 19.1 Å². The van der Waals surface area contributed by atoms with Crippen molar-refractivity contribution in [1.82, 2.24) is 0 Å². The Bertz CT molecular complexity index is 161. The van der Waals surface area contributed by atoms with E-state index in [1.165, 1.54) is 33.5 Å². The summed E-state index contributed by atoms with van der Waals surface area (Å²) in [4.78, 5) is 17.9. The molecule has 6 nitrogen and oxygen atoms in total. The van der Waals surface area contributed by atoms with Gasteiger partial charge in [-0.15, -0.1) is 0 Å². The second kappa shape index (κ2) is 14.9. The summed E-state index contributed by atoms with van der Waals surface area (Å²) in [6.07, 6.45) is 3.94. The second-order valence-corrected chi connectivity index (χ2v) is 3.59. The third kappa shape index (κ3) is 11.1. The van der Waals surface area contributed by atoms with Gasteiger partial charge in [-0.05, 0) is 37.8 Å². The smallest absolute Gasteiger partial charge is 0.292 e. The summed E-state index contributed by atoms with van der Waals surface area (Å²) >= 11 is 0. The summed E-state index contributed by atoms with van der Waals surface area (Å²) in [7, 11) is 2.62. The van der Waals surface area contributed by atoms with Gasteiger partial charge in [0.15, 0.2) is 0 Å². The minimum absolute atomic E-state index is 0.375. The number of carbonyl (C=O) groups excluding carboxylic acids is 2. The molecule has 0 amide bonds. The first-order valence-electron chi connectivity index (χ1n) is 5.54. The summed E-state index contributed by atoms with van der Waals surface area (Å²) in [6.45, 7) is 2.42. The van der Waals surface area contributed by atoms with Gasteiger partial charge in [-0.1, -0.05) is 6.42 Å². The summed E-state index contributed by atoms with van der Waals surface area (Å²) in [5.74, 6) is 1.46. The zero-order valence-corrected chi connectivity index (χ0v) is 10.6. The molecule has 2 unspecified atom stereocenters. The molecule has 0 radical (unpaired) electrons. The lowest BCUT2D eigenvalue weighted by molar-refractivity contribution is -0.126. The first kappa shape index (κ1) is 18.2. The Morgan fingerprint density at radius 3 is 1.47 bits per heavy atom. The van der Waals surface area contributed by atoms with Crippen molar-refractivity contribution in [2.75, 3.05) is 27.3 Å². The Labute approximate surface area is 103 Å². The quantitative estimate of drug-likeness (QED) is 0.673. The predicted octanol–water partition coefficient (Wildman–Crippen LogP) is -0.101. The Morgan fingerprint density at radius 1 is 1.00 bits per heavy atom. The molecule has 0 aromatic rings. The zero-order valence-electron chi connectivity index (χ0n) is 10.6. The maximum atomic E-state index is 8.95. The molecular formula is C11H24N2O4. The normalized spacial score (nSPS) is 21.2. The molecule has 0 aliphatic heterocycles. The Kier molecular flexibility index (Phi) is 15.9. The van der Waals surface area contributed by atoms with Crippen molar-refractivity contribution in [3.05, 3.63) is 0 Å². The van der Waals surface area contributed by atoms with Crippen molar-refractivity contribution < 1.29 is 19.1 Å². The zero-order chi connectivity index (χ0) is 13.5. The molecule has 1 aliphatic carbocycles. The van der Waals surface area contributed by atoms with E-state index >= 15 is 0 Å². The molecule has 0 heterocycles. The van der Waals surface area contributed by atoms with Crippen LogP contribution >= 0.6 is 0 Å². The van der Waals surface area contributed by atoms with Crippen molar-refractivity contribution in [3.63, 3.8) is 0 Å². The highest BCUT2D eigenvalue weighted by atomic mass is 16.5. The maximum Gasteiger partial charge on any atom is 0.292 e.